The average molecular weight is 538 g/mol. The molecule has 2 aromatic heterocycles. The number of halogens is 1. The van der Waals surface area contributed by atoms with Crippen LogP contribution in [0.4, 0.5) is 0 Å². The highest BCUT2D eigenvalue weighted by atomic mass is 127. The Labute approximate surface area is 199 Å². The van der Waals surface area contributed by atoms with E-state index in [1.165, 1.54) is 0 Å². The zero-order valence-electron chi connectivity index (χ0n) is 18.2. The molecule has 31 heavy (non-hydrogen) atoms. The zero-order chi connectivity index (χ0) is 20.9. The summed E-state index contributed by atoms with van der Waals surface area (Å²) in [6.07, 6.45) is 3.88. The van der Waals surface area contributed by atoms with Crippen molar-refractivity contribution in [3.8, 4) is 0 Å². The number of benzene rings is 1. The molecule has 0 bridgehead atoms. The lowest BCUT2D eigenvalue weighted by atomic mass is 10.1. The Morgan fingerprint density at radius 1 is 1.26 bits per heavy atom. The topological polar surface area (TPSA) is 89.4 Å². The molecule has 2 N–H and O–H groups in total. The molecule has 1 aromatic carbocycles. The van der Waals surface area contributed by atoms with Gasteiger partial charge in [0.1, 0.15) is 23.7 Å². The smallest absolute Gasteiger partial charge is 0.345 e. The molecule has 3 heterocycles. The number of rotatable bonds is 7. The Bertz CT molecular complexity index is 1100. The first kappa shape index (κ1) is 23.4. The molecule has 4 rings (SSSR count). The SMILES string of the molecule is CCNC(=NCc1oc2ccccc2c1C)NCCCn1nc2n(c1=O)CCCC2.I. The van der Waals surface area contributed by atoms with E-state index in [0.29, 0.717) is 19.6 Å². The average Bonchev–Trinajstić information content (AvgIpc) is 3.26. The quantitative estimate of drug-likeness (QED) is 0.209. The van der Waals surface area contributed by atoms with Crippen LogP contribution in [0.2, 0.25) is 0 Å². The van der Waals surface area contributed by atoms with Gasteiger partial charge in [0.2, 0.25) is 0 Å². The van der Waals surface area contributed by atoms with Crippen LogP contribution >= 0.6 is 24.0 Å². The first-order valence-corrected chi connectivity index (χ1v) is 10.8. The fourth-order valence-electron chi connectivity index (χ4n) is 3.90. The highest BCUT2D eigenvalue weighted by molar-refractivity contribution is 14.0. The summed E-state index contributed by atoms with van der Waals surface area (Å²) in [5, 5.41) is 12.2. The maximum absolute atomic E-state index is 12.4. The largest absolute Gasteiger partial charge is 0.459 e. The van der Waals surface area contributed by atoms with Gasteiger partial charge in [0, 0.05) is 43.5 Å². The number of nitrogens with zero attached hydrogens (tertiary/aromatic N) is 4. The van der Waals surface area contributed by atoms with Crippen molar-refractivity contribution in [3.63, 3.8) is 0 Å². The van der Waals surface area contributed by atoms with Gasteiger partial charge in [-0.05, 0) is 39.2 Å². The highest BCUT2D eigenvalue weighted by Gasteiger charge is 2.16. The summed E-state index contributed by atoms with van der Waals surface area (Å²) in [6.45, 7) is 7.47. The minimum Gasteiger partial charge on any atom is -0.459 e. The summed E-state index contributed by atoms with van der Waals surface area (Å²) in [4.78, 5) is 17.1. The number of aromatic nitrogens is 3. The minimum atomic E-state index is 0. The maximum Gasteiger partial charge on any atom is 0.345 e. The Balaban J connectivity index is 0.00000272. The number of aryl methyl sites for hydroxylation is 3. The van der Waals surface area contributed by atoms with Crippen molar-refractivity contribution in [1.82, 2.24) is 25.0 Å². The predicted octanol–water partition coefficient (Wildman–Crippen LogP) is 3.20. The Hall–Kier alpha value is -2.30. The number of nitrogens with one attached hydrogen (secondary N) is 2. The second-order valence-electron chi connectivity index (χ2n) is 7.65. The van der Waals surface area contributed by atoms with Gasteiger partial charge in [-0.15, -0.1) is 24.0 Å². The number of para-hydroxylation sites is 1. The fourth-order valence-corrected chi connectivity index (χ4v) is 3.90. The Morgan fingerprint density at radius 2 is 2.10 bits per heavy atom. The van der Waals surface area contributed by atoms with Crippen molar-refractivity contribution in [2.45, 2.75) is 59.2 Å². The number of furan rings is 1. The number of hydrogen-bond donors (Lipinski definition) is 2. The van der Waals surface area contributed by atoms with E-state index in [-0.39, 0.29) is 29.7 Å². The van der Waals surface area contributed by atoms with Gasteiger partial charge in [0.25, 0.3) is 0 Å². The molecular formula is C22H31IN6O2. The molecule has 0 radical (unpaired) electrons. The lowest BCUT2D eigenvalue weighted by Crippen LogP contribution is -2.38. The molecule has 0 fully saturated rings. The van der Waals surface area contributed by atoms with Crippen LogP contribution in [0.1, 0.15) is 43.3 Å². The fraction of sp³-hybridized carbons (Fsp3) is 0.500. The van der Waals surface area contributed by atoms with Gasteiger partial charge in [-0.25, -0.2) is 14.5 Å². The van der Waals surface area contributed by atoms with Crippen molar-refractivity contribution in [3.05, 3.63) is 51.9 Å². The summed E-state index contributed by atoms with van der Waals surface area (Å²) in [5.74, 6) is 2.55. The lowest BCUT2D eigenvalue weighted by Gasteiger charge is -2.11. The molecule has 1 aliphatic heterocycles. The molecule has 1 aliphatic rings. The lowest BCUT2D eigenvalue weighted by molar-refractivity contribution is 0.509. The van der Waals surface area contributed by atoms with Crippen LogP contribution in [-0.4, -0.2) is 33.4 Å². The number of guanidine groups is 1. The first-order valence-electron chi connectivity index (χ1n) is 10.8. The van der Waals surface area contributed by atoms with E-state index in [1.54, 1.807) is 4.68 Å². The van der Waals surface area contributed by atoms with Crippen molar-refractivity contribution in [2.75, 3.05) is 13.1 Å². The Kier molecular flexibility index (Phi) is 8.16. The highest BCUT2D eigenvalue weighted by Crippen LogP contribution is 2.25. The second kappa shape index (κ2) is 10.8. The van der Waals surface area contributed by atoms with Crippen LogP contribution in [0.25, 0.3) is 11.0 Å². The number of aliphatic imine (C=N–C) groups is 1. The molecule has 0 unspecified atom stereocenters. The molecule has 0 saturated heterocycles. The molecular weight excluding hydrogens is 507 g/mol. The van der Waals surface area contributed by atoms with Gasteiger partial charge in [-0.3, -0.25) is 4.57 Å². The van der Waals surface area contributed by atoms with Crippen molar-refractivity contribution >= 4 is 40.9 Å². The van der Waals surface area contributed by atoms with Crippen LogP contribution in [0, 0.1) is 6.92 Å². The van der Waals surface area contributed by atoms with Crippen LogP contribution < -0.4 is 16.3 Å². The summed E-state index contributed by atoms with van der Waals surface area (Å²) in [5.41, 5.74) is 2.05. The van der Waals surface area contributed by atoms with Crippen LogP contribution in [0.15, 0.2) is 38.5 Å². The monoisotopic (exact) mass is 538 g/mol. The normalized spacial score (nSPS) is 13.7. The molecule has 0 spiro atoms. The van der Waals surface area contributed by atoms with Gasteiger partial charge < -0.3 is 15.1 Å². The third-order valence-electron chi connectivity index (χ3n) is 5.54. The summed E-state index contributed by atoms with van der Waals surface area (Å²) >= 11 is 0. The van der Waals surface area contributed by atoms with E-state index in [0.717, 1.165) is 72.8 Å². The number of hydrogen-bond acceptors (Lipinski definition) is 4. The molecule has 9 heteroatoms. The predicted molar refractivity (Wildman–Crippen MR) is 133 cm³/mol. The standard InChI is InChI=1S/C22H30N6O2.HI/c1-3-23-21(25-15-19-16(2)17-9-4-5-10-18(17)30-19)24-12-8-14-28-22(29)27-13-7-6-11-20(27)26-28;/h4-5,9-10H,3,6-8,11-15H2,1-2H3,(H2,23,24,25);1H. The zero-order valence-corrected chi connectivity index (χ0v) is 20.5. The molecule has 8 nitrogen and oxygen atoms in total. The van der Waals surface area contributed by atoms with Gasteiger partial charge in [0.15, 0.2) is 5.96 Å². The summed E-state index contributed by atoms with van der Waals surface area (Å²) < 4.78 is 9.37. The van der Waals surface area contributed by atoms with Crippen molar-refractivity contribution in [2.24, 2.45) is 4.99 Å². The van der Waals surface area contributed by atoms with E-state index < -0.39 is 0 Å². The first-order chi connectivity index (χ1) is 14.7. The van der Waals surface area contributed by atoms with Gasteiger partial charge >= 0.3 is 5.69 Å². The van der Waals surface area contributed by atoms with E-state index in [4.69, 9.17) is 4.42 Å². The third kappa shape index (κ3) is 5.31. The summed E-state index contributed by atoms with van der Waals surface area (Å²) in [7, 11) is 0. The molecule has 3 aromatic rings. The van der Waals surface area contributed by atoms with E-state index >= 15 is 0 Å². The van der Waals surface area contributed by atoms with Gasteiger partial charge in [-0.2, -0.15) is 5.10 Å². The number of fused-ring (bicyclic) bond motifs is 2. The molecule has 0 atom stereocenters. The Morgan fingerprint density at radius 3 is 2.87 bits per heavy atom. The minimum absolute atomic E-state index is 0. The van der Waals surface area contributed by atoms with Crippen molar-refractivity contribution < 1.29 is 4.42 Å². The molecule has 0 aliphatic carbocycles. The summed E-state index contributed by atoms with van der Waals surface area (Å²) in [6, 6.07) is 8.05. The second-order valence-corrected chi connectivity index (χ2v) is 7.65. The van der Waals surface area contributed by atoms with Gasteiger partial charge in [0.05, 0.1) is 0 Å². The van der Waals surface area contributed by atoms with Crippen LogP contribution in [0.5, 0.6) is 0 Å². The van der Waals surface area contributed by atoms with Crippen LogP contribution in [0.3, 0.4) is 0 Å². The maximum atomic E-state index is 12.4. The van der Waals surface area contributed by atoms with E-state index in [1.807, 2.05) is 29.7 Å². The van der Waals surface area contributed by atoms with Crippen molar-refractivity contribution in [1.29, 1.82) is 0 Å². The molecule has 0 saturated carbocycles. The van der Waals surface area contributed by atoms with Gasteiger partial charge in [-0.1, -0.05) is 18.2 Å². The molecule has 0 amide bonds. The van der Waals surface area contributed by atoms with E-state index in [9.17, 15) is 4.79 Å². The van der Waals surface area contributed by atoms with E-state index in [2.05, 4.69) is 33.7 Å². The third-order valence-corrected chi connectivity index (χ3v) is 5.54. The molecule has 168 valence electrons. The van der Waals surface area contributed by atoms with Crippen LogP contribution in [-0.2, 0) is 26.1 Å².